The van der Waals surface area contributed by atoms with Crippen molar-refractivity contribution in [2.45, 2.75) is 18.4 Å². The van der Waals surface area contributed by atoms with Gasteiger partial charge in [0.15, 0.2) is 5.96 Å². The van der Waals surface area contributed by atoms with Gasteiger partial charge in [-0.3, -0.25) is 4.99 Å². The van der Waals surface area contributed by atoms with E-state index in [1.807, 2.05) is 37.4 Å². The average molecular weight is 382 g/mol. The molecule has 2 unspecified atom stereocenters. The lowest BCUT2D eigenvalue weighted by Crippen LogP contribution is -2.53. The molecule has 1 heterocycles. The SMILES string of the molecule is CN=C(NC1CC1c1ccccc1F)N1CCN(c2ccccc2OC)CC1. The van der Waals surface area contributed by atoms with Gasteiger partial charge in [0.25, 0.3) is 0 Å². The van der Waals surface area contributed by atoms with E-state index in [4.69, 9.17) is 4.74 Å². The molecule has 1 saturated heterocycles. The Labute approximate surface area is 165 Å². The van der Waals surface area contributed by atoms with Gasteiger partial charge in [-0.05, 0) is 30.2 Å². The number of rotatable bonds is 4. The van der Waals surface area contributed by atoms with Gasteiger partial charge in [0.2, 0.25) is 0 Å². The highest BCUT2D eigenvalue weighted by atomic mass is 19.1. The summed E-state index contributed by atoms with van der Waals surface area (Å²) in [5, 5.41) is 3.53. The molecule has 0 bridgehead atoms. The molecular formula is C22H27FN4O. The Bertz CT molecular complexity index is 848. The van der Waals surface area contributed by atoms with E-state index >= 15 is 0 Å². The molecule has 1 aliphatic heterocycles. The number of nitrogens with zero attached hydrogens (tertiary/aromatic N) is 3. The number of aliphatic imine (C=N–C) groups is 1. The van der Waals surface area contributed by atoms with Crippen LogP contribution >= 0.6 is 0 Å². The summed E-state index contributed by atoms with van der Waals surface area (Å²) in [6.07, 6.45) is 0.946. The van der Waals surface area contributed by atoms with Crippen LogP contribution in [-0.2, 0) is 0 Å². The van der Waals surface area contributed by atoms with E-state index in [0.717, 1.165) is 55.6 Å². The second kappa shape index (κ2) is 8.09. The van der Waals surface area contributed by atoms with E-state index < -0.39 is 0 Å². The quantitative estimate of drug-likeness (QED) is 0.652. The van der Waals surface area contributed by atoms with Crippen molar-refractivity contribution in [3.05, 3.63) is 59.9 Å². The van der Waals surface area contributed by atoms with Crippen LogP contribution in [0.5, 0.6) is 5.75 Å². The fourth-order valence-electron chi connectivity index (χ4n) is 3.99. The molecule has 28 heavy (non-hydrogen) atoms. The highest BCUT2D eigenvalue weighted by molar-refractivity contribution is 5.81. The van der Waals surface area contributed by atoms with E-state index in [9.17, 15) is 4.39 Å². The minimum Gasteiger partial charge on any atom is -0.495 e. The van der Waals surface area contributed by atoms with Crippen LogP contribution in [0, 0.1) is 5.82 Å². The maximum absolute atomic E-state index is 14.0. The van der Waals surface area contributed by atoms with Crippen molar-refractivity contribution in [2.75, 3.05) is 45.2 Å². The molecule has 2 aromatic rings. The molecule has 0 aromatic heterocycles. The molecule has 2 fully saturated rings. The van der Waals surface area contributed by atoms with E-state index in [1.54, 1.807) is 13.2 Å². The van der Waals surface area contributed by atoms with Gasteiger partial charge in [-0.15, -0.1) is 0 Å². The van der Waals surface area contributed by atoms with E-state index in [-0.39, 0.29) is 17.8 Å². The number of para-hydroxylation sites is 2. The van der Waals surface area contributed by atoms with Crippen LogP contribution in [0.25, 0.3) is 0 Å². The van der Waals surface area contributed by atoms with Gasteiger partial charge in [0.05, 0.1) is 12.8 Å². The zero-order valence-electron chi connectivity index (χ0n) is 16.4. The van der Waals surface area contributed by atoms with Crippen molar-refractivity contribution in [1.29, 1.82) is 0 Å². The zero-order valence-corrected chi connectivity index (χ0v) is 16.4. The Balaban J connectivity index is 1.34. The van der Waals surface area contributed by atoms with Crippen LogP contribution < -0.4 is 15.0 Å². The molecule has 4 rings (SSSR count). The minimum atomic E-state index is -0.114. The number of methoxy groups -OCH3 is 1. The maximum atomic E-state index is 14.0. The molecule has 6 heteroatoms. The third-order valence-electron chi connectivity index (χ3n) is 5.63. The van der Waals surface area contributed by atoms with Gasteiger partial charge in [0.1, 0.15) is 11.6 Å². The smallest absolute Gasteiger partial charge is 0.194 e. The Kier molecular flexibility index (Phi) is 5.37. The lowest BCUT2D eigenvalue weighted by atomic mass is 10.1. The van der Waals surface area contributed by atoms with Crippen molar-refractivity contribution in [2.24, 2.45) is 4.99 Å². The number of guanidine groups is 1. The summed E-state index contributed by atoms with van der Waals surface area (Å²) in [7, 11) is 3.53. The van der Waals surface area contributed by atoms with Crippen LogP contribution in [0.3, 0.4) is 0 Å². The van der Waals surface area contributed by atoms with E-state index in [0.29, 0.717) is 0 Å². The van der Waals surface area contributed by atoms with Gasteiger partial charge in [0, 0.05) is 45.2 Å². The largest absolute Gasteiger partial charge is 0.495 e. The summed E-state index contributed by atoms with van der Waals surface area (Å²) in [4.78, 5) is 9.10. The molecule has 148 valence electrons. The Morgan fingerprint density at radius 2 is 1.79 bits per heavy atom. The van der Waals surface area contributed by atoms with Crippen LogP contribution in [0.1, 0.15) is 17.9 Å². The van der Waals surface area contributed by atoms with Crippen molar-refractivity contribution in [1.82, 2.24) is 10.2 Å². The van der Waals surface area contributed by atoms with Gasteiger partial charge >= 0.3 is 0 Å². The standard InChI is InChI=1S/C22H27FN4O/c1-24-22(25-19-15-17(19)16-7-3-4-8-18(16)23)27-13-11-26(12-14-27)20-9-5-6-10-21(20)28-2/h3-10,17,19H,11-15H2,1-2H3,(H,24,25). The van der Waals surface area contributed by atoms with Gasteiger partial charge in [-0.1, -0.05) is 30.3 Å². The topological polar surface area (TPSA) is 40.1 Å². The Morgan fingerprint density at radius 3 is 2.50 bits per heavy atom. The summed E-state index contributed by atoms with van der Waals surface area (Å²) >= 11 is 0. The number of nitrogens with one attached hydrogen (secondary N) is 1. The maximum Gasteiger partial charge on any atom is 0.194 e. The lowest BCUT2D eigenvalue weighted by molar-refractivity contribution is 0.366. The molecule has 0 amide bonds. The first-order valence-corrected chi connectivity index (χ1v) is 9.82. The molecule has 1 N–H and O–H groups in total. The fraction of sp³-hybridized carbons (Fsp3) is 0.409. The fourth-order valence-corrected chi connectivity index (χ4v) is 3.99. The summed E-state index contributed by atoms with van der Waals surface area (Å²) in [5.74, 6) is 1.93. The molecule has 2 aromatic carbocycles. The third kappa shape index (κ3) is 3.77. The van der Waals surface area contributed by atoms with Gasteiger partial charge < -0.3 is 19.9 Å². The van der Waals surface area contributed by atoms with Crippen molar-refractivity contribution < 1.29 is 9.13 Å². The number of ether oxygens (including phenoxy) is 1. The molecule has 0 spiro atoms. The monoisotopic (exact) mass is 382 g/mol. The van der Waals surface area contributed by atoms with Crippen LogP contribution in [0.15, 0.2) is 53.5 Å². The molecule has 2 atom stereocenters. The number of anilines is 1. The predicted octanol–water partition coefficient (Wildman–Crippen LogP) is 3.09. The first kappa shape index (κ1) is 18.6. The van der Waals surface area contributed by atoms with Crippen molar-refractivity contribution >= 4 is 11.6 Å². The van der Waals surface area contributed by atoms with E-state index in [2.05, 4.69) is 26.2 Å². The Morgan fingerprint density at radius 1 is 1.07 bits per heavy atom. The first-order chi connectivity index (χ1) is 13.7. The van der Waals surface area contributed by atoms with E-state index in [1.165, 1.54) is 6.07 Å². The molecule has 1 saturated carbocycles. The molecule has 2 aliphatic rings. The van der Waals surface area contributed by atoms with Crippen molar-refractivity contribution in [3.8, 4) is 5.75 Å². The summed E-state index contributed by atoms with van der Waals surface area (Å²) in [6.45, 7) is 3.58. The number of hydrogen-bond donors (Lipinski definition) is 1. The predicted molar refractivity (Wildman–Crippen MR) is 111 cm³/mol. The average Bonchev–Trinajstić information content (AvgIpc) is 3.51. The summed E-state index contributed by atoms with van der Waals surface area (Å²) < 4.78 is 19.5. The second-order valence-electron chi connectivity index (χ2n) is 7.31. The number of halogens is 1. The molecule has 5 nitrogen and oxygen atoms in total. The first-order valence-electron chi connectivity index (χ1n) is 9.82. The molecular weight excluding hydrogens is 355 g/mol. The molecule has 0 radical (unpaired) electrons. The highest BCUT2D eigenvalue weighted by Gasteiger charge is 2.41. The highest BCUT2D eigenvalue weighted by Crippen LogP contribution is 2.42. The minimum absolute atomic E-state index is 0.114. The van der Waals surface area contributed by atoms with Crippen LogP contribution in [-0.4, -0.2) is 57.2 Å². The van der Waals surface area contributed by atoms with Gasteiger partial charge in [-0.25, -0.2) is 4.39 Å². The third-order valence-corrected chi connectivity index (χ3v) is 5.63. The molecule has 1 aliphatic carbocycles. The normalized spacial score (nSPS) is 22.2. The van der Waals surface area contributed by atoms with Gasteiger partial charge in [-0.2, -0.15) is 0 Å². The zero-order chi connectivity index (χ0) is 19.5. The number of benzene rings is 2. The summed E-state index contributed by atoms with van der Waals surface area (Å²) in [5.41, 5.74) is 1.94. The number of hydrogen-bond acceptors (Lipinski definition) is 3. The lowest BCUT2D eigenvalue weighted by Gasteiger charge is -2.38. The van der Waals surface area contributed by atoms with Crippen molar-refractivity contribution in [3.63, 3.8) is 0 Å². The van der Waals surface area contributed by atoms with Crippen LogP contribution in [0.2, 0.25) is 0 Å². The van der Waals surface area contributed by atoms with Crippen LogP contribution in [0.4, 0.5) is 10.1 Å². The number of piperazine rings is 1. The summed E-state index contributed by atoms with van der Waals surface area (Å²) in [6, 6.07) is 15.5. The Hall–Kier alpha value is -2.76. The second-order valence-corrected chi connectivity index (χ2v) is 7.31.